The number of carboxylic acids is 2. The minimum atomic E-state index is -1.41. The molecule has 2 aliphatic rings. The van der Waals surface area contributed by atoms with Crippen LogP contribution in [0.5, 0.6) is 0 Å². The molecule has 2 aliphatic carbocycles. The van der Waals surface area contributed by atoms with Crippen molar-refractivity contribution in [3.8, 4) is 0 Å². The van der Waals surface area contributed by atoms with Crippen LogP contribution in [-0.2, 0) is 9.59 Å². The highest BCUT2D eigenvalue weighted by molar-refractivity contribution is 6.04. The number of aliphatic carboxylic acids is 2. The van der Waals surface area contributed by atoms with Gasteiger partial charge in [-0.3, -0.25) is 9.59 Å². The van der Waals surface area contributed by atoms with Crippen LogP contribution >= 0.6 is 0 Å². The first-order chi connectivity index (χ1) is 5.05. The predicted octanol–water partition coefficient (Wildman–Crippen LogP) is 0.326. The van der Waals surface area contributed by atoms with Gasteiger partial charge in [-0.1, -0.05) is 0 Å². The van der Waals surface area contributed by atoms with E-state index in [1.807, 2.05) is 0 Å². The fourth-order valence-corrected chi connectivity index (χ4v) is 1.91. The highest BCUT2D eigenvalue weighted by Crippen LogP contribution is 2.78. The molecule has 2 saturated carbocycles. The summed E-state index contributed by atoms with van der Waals surface area (Å²) in [7, 11) is 0. The standard InChI is InChI=1S/C7H8O4/c8-4(9)7(5(10)11)3-6(7)1-2-6/h1-3H2,(H,8,9)(H,10,11). The van der Waals surface area contributed by atoms with Crippen LogP contribution in [0.25, 0.3) is 0 Å². The summed E-state index contributed by atoms with van der Waals surface area (Å²) in [5.41, 5.74) is -1.75. The van der Waals surface area contributed by atoms with Gasteiger partial charge in [0.05, 0.1) is 0 Å². The highest BCUT2D eigenvalue weighted by atomic mass is 16.4. The molecule has 4 nitrogen and oxygen atoms in total. The van der Waals surface area contributed by atoms with Crippen molar-refractivity contribution in [3.05, 3.63) is 0 Å². The molecule has 0 aromatic heterocycles. The minimum Gasteiger partial charge on any atom is -0.480 e. The first-order valence-corrected chi connectivity index (χ1v) is 3.52. The van der Waals surface area contributed by atoms with E-state index in [4.69, 9.17) is 10.2 Å². The van der Waals surface area contributed by atoms with Crippen molar-refractivity contribution >= 4 is 11.9 Å². The molecule has 0 bridgehead atoms. The lowest BCUT2D eigenvalue weighted by Gasteiger charge is -2.03. The second kappa shape index (κ2) is 1.42. The van der Waals surface area contributed by atoms with E-state index < -0.39 is 17.4 Å². The zero-order valence-electron chi connectivity index (χ0n) is 5.83. The van der Waals surface area contributed by atoms with E-state index in [0.29, 0.717) is 6.42 Å². The Hall–Kier alpha value is -1.06. The third-order valence-corrected chi connectivity index (χ3v) is 2.97. The van der Waals surface area contributed by atoms with Crippen molar-refractivity contribution in [2.24, 2.45) is 10.8 Å². The summed E-state index contributed by atoms with van der Waals surface area (Å²) < 4.78 is 0. The van der Waals surface area contributed by atoms with Crippen molar-refractivity contribution in [2.75, 3.05) is 0 Å². The van der Waals surface area contributed by atoms with Crippen LogP contribution in [0.4, 0.5) is 0 Å². The van der Waals surface area contributed by atoms with Crippen molar-refractivity contribution in [1.29, 1.82) is 0 Å². The smallest absolute Gasteiger partial charge is 0.321 e. The molecule has 0 radical (unpaired) electrons. The summed E-state index contributed by atoms with van der Waals surface area (Å²) in [4.78, 5) is 21.2. The lowest BCUT2D eigenvalue weighted by molar-refractivity contribution is -0.158. The predicted molar refractivity (Wildman–Crippen MR) is 34.0 cm³/mol. The molecule has 0 amide bonds. The van der Waals surface area contributed by atoms with Crippen molar-refractivity contribution in [1.82, 2.24) is 0 Å². The third-order valence-electron chi connectivity index (χ3n) is 2.97. The van der Waals surface area contributed by atoms with Crippen LogP contribution in [0.15, 0.2) is 0 Å². The maximum Gasteiger partial charge on any atom is 0.321 e. The Kier molecular flexibility index (Phi) is 0.855. The third kappa shape index (κ3) is 0.514. The molecule has 0 aliphatic heterocycles. The fraction of sp³-hybridized carbons (Fsp3) is 0.714. The van der Waals surface area contributed by atoms with E-state index in [2.05, 4.69) is 0 Å². The maximum absolute atomic E-state index is 10.6. The van der Waals surface area contributed by atoms with Gasteiger partial charge in [0.25, 0.3) is 0 Å². The van der Waals surface area contributed by atoms with Crippen molar-refractivity contribution < 1.29 is 19.8 Å². The van der Waals surface area contributed by atoms with Crippen LogP contribution < -0.4 is 0 Å². The lowest BCUT2D eigenvalue weighted by Crippen LogP contribution is -2.27. The van der Waals surface area contributed by atoms with Crippen LogP contribution in [0.1, 0.15) is 19.3 Å². The molecule has 2 rings (SSSR count). The molecule has 2 N–H and O–H groups in total. The molecular weight excluding hydrogens is 148 g/mol. The molecule has 60 valence electrons. The Morgan fingerprint density at radius 2 is 1.55 bits per heavy atom. The Morgan fingerprint density at radius 3 is 1.64 bits per heavy atom. The molecule has 0 unspecified atom stereocenters. The number of hydrogen-bond donors (Lipinski definition) is 2. The number of carboxylic acid groups (broad SMARTS) is 2. The Balaban J connectivity index is 2.32. The second-order valence-electron chi connectivity index (χ2n) is 3.47. The molecule has 0 saturated heterocycles. The van der Waals surface area contributed by atoms with Crippen molar-refractivity contribution in [2.45, 2.75) is 19.3 Å². The molecule has 0 heterocycles. The van der Waals surface area contributed by atoms with E-state index in [0.717, 1.165) is 12.8 Å². The van der Waals surface area contributed by atoms with E-state index in [1.54, 1.807) is 0 Å². The van der Waals surface area contributed by atoms with Crippen LogP contribution in [0.2, 0.25) is 0 Å². The fourth-order valence-electron chi connectivity index (χ4n) is 1.91. The number of rotatable bonds is 2. The Morgan fingerprint density at radius 1 is 1.09 bits per heavy atom. The molecule has 1 spiro atoms. The second-order valence-corrected chi connectivity index (χ2v) is 3.47. The summed E-state index contributed by atoms with van der Waals surface area (Å²) in [6.07, 6.45) is 1.88. The summed E-state index contributed by atoms with van der Waals surface area (Å²) in [5.74, 6) is -2.33. The SMILES string of the molecule is O=C(O)C1(C(=O)O)CC12CC2. The van der Waals surface area contributed by atoms with Crippen molar-refractivity contribution in [3.63, 3.8) is 0 Å². The quantitative estimate of drug-likeness (QED) is 0.565. The Labute approximate surface area is 62.8 Å². The molecule has 4 heteroatoms. The maximum atomic E-state index is 10.6. The minimum absolute atomic E-state index is 0.338. The van der Waals surface area contributed by atoms with E-state index in [9.17, 15) is 9.59 Å². The topological polar surface area (TPSA) is 74.6 Å². The zero-order valence-corrected chi connectivity index (χ0v) is 5.83. The van der Waals surface area contributed by atoms with Gasteiger partial charge in [0.2, 0.25) is 0 Å². The number of hydrogen-bond acceptors (Lipinski definition) is 2. The average molecular weight is 156 g/mol. The van der Waals surface area contributed by atoms with E-state index in [1.165, 1.54) is 0 Å². The number of carbonyl (C=O) groups is 2. The van der Waals surface area contributed by atoms with Crippen LogP contribution in [0, 0.1) is 10.8 Å². The lowest BCUT2D eigenvalue weighted by atomic mass is 10.0. The first-order valence-electron chi connectivity index (χ1n) is 3.52. The van der Waals surface area contributed by atoms with Gasteiger partial charge in [-0.05, 0) is 24.7 Å². The van der Waals surface area contributed by atoms with Gasteiger partial charge >= 0.3 is 11.9 Å². The van der Waals surface area contributed by atoms with Gasteiger partial charge in [-0.15, -0.1) is 0 Å². The van der Waals surface area contributed by atoms with Gasteiger partial charge in [-0.2, -0.15) is 0 Å². The molecule has 11 heavy (non-hydrogen) atoms. The first kappa shape index (κ1) is 6.64. The molecular formula is C7H8O4. The monoisotopic (exact) mass is 156 g/mol. The van der Waals surface area contributed by atoms with E-state index >= 15 is 0 Å². The Bertz CT molecular complexity index is 237. The summed E-state index contributed by atoms with van der Waals surface area (Å²) in [5, 5.41) is 17.3. The van der Waals surface area contributed by atoms with Crippen LogP contribution in [0.3, 0.4) is 0 Å². The van der Waals surface area contributed by atoms with Gasteiger partial charge in [0.15, 0.2) is 5.41 Å². The molecule has 0 atom stereocenters. The largest absolute Gasteiger partial charge is 0.480 e. The summed E-state index contributed by atoms with van der Waals surface area (Å²) in [6, 6.07) is 0. The normalized spacial score (nSPS) is 28.0. The van der Waals surface area contributed by atoms with E-state index in [-0.39, 0.29) is 5.41 Å². The van der Waals surface area contributed by atoms with Gasteiger partial charge in [0, 0.05) is 0 Å². The summed E-state index contributed by atoms with van der Waals surface area (Å²) >= 11 is 0. The van der Waals surface area contributed by atoms with Gasteiger partial charge < -0.3 is 10.2 Å². The highest BCUT2D eigenvalue weighted by Gasteiger charge is 2.82. The summed E-state index contributed by atoms with van der Waals surface area (Å²) in [6.45, 7) is 0. The van der Waals surface area contributed by atoms with Gasteiger partial charge in [0.1, 0.15) is 0 Å². The van der Waals surface area contributed by atoms with Crippen LogP contribution in [-0.4, -0.2) is 22.2 Å². The molecule has 2 fully saturated rings. The zero-order chi connectivity index (χ0) is 8.28. The molecule has 0 aromatic carbocycles. The van der Waals surface area contributed by atoms with Gasteiger partial charge in [-0.25, -0.2) is 0 Å². The molecule has 0 aromatic rings. The average Bonchev–Trinajstić information content (AvgIpc) is 2.73.